The van der Waals surface area contributed by atoms with Crippen LogP contribution in [0, 0.1) is 13.8 Å². The molecule has 0 N–H and O–H groups in total. The van der Waals surface area contributed by atoms with Crippen molar-refractivity contribution in [2.45, 2.75) is 13.8 Å². The lowest BCUT2D eigenvalue weighted by molar-refractivity contribution is 1.54. The molecular formula is C10H10S2. The first kappa shape index (κ1) is 8.02. The predicted octanol–water partition coefficient (Wildman–Crippen LogP) is 4.09. The van der Waals surface area contributed by atoms with Crippen molar-refractivity contribution in [3.8, 4) is 11.1 Å². The molecule has 0 radical (unpaired) electrons. The van der Waals surface area contributed by atoms with Crippen LogP contribution < -0.4 is 0 Å². The lowest BCUT2D eigenvalue weighted by atomic mass is 10.1. The Labute approximate surface area is 80.5 Å². The van der Waals surface area contributed by atoms with E-state index in [1.165, 1.54) is 21.6 Å². The maximum absolute atomic E-state index is 2.25. The van der Waals surface area contributed by atoms with Crippen LogP contribution in [-0.4, -0.2) is 0 Å². The molecule has 0 atom stereocenters. The summed E-state index contributed by atoms with van der Waals surface area (Å²) >= 11 is 3.59. The summed E-state index contributed by atoms with van der Waals surface area (Å²) < 4.78 is 0. The Hall–Kier alpha value is -0.600. The summed E-state index contributed by atoms with van der Waals surface area (Å²) in [5.74, 6) is 0. The van der Waals surface area contributed by atoms with Crippen LogP contribution >= 0.6 is 22.7 Å². The third-order valence-corrected chi connectivity index (χ3v) is 3.62. The Kier molecular flexibility index (Phi) is 2.03. The van der Waals surface area contributed by atoms with Gasteiger partial charge in [0.2, 0.25) is 0 Å². The first-order valence-electron chi connectivity index (χ1n) is 3.85. The molecule has 0 saturated carbocycles. The third-order valence-electron chi connectivity index (χ3n) is 1.90. The molecule has 62 valence electrons. The molecule has 2 rings (SSSR count). The fourth-order valence-corrected chi connectivity index (χ4v) is 2.80. The Morgan fingerprint density at radius 3 is 2.42 bits per heavy atom. The molecule has 2 heterocycles. The molecule has 0 fully saturated rings. The van der Waals surface area contributed by atoms with Crippen molar-refractivity contribution in [3.63, 3.8) is 0 Å². The third kappa shape index (κ3) is 1.32. The molecule has 0 aromatic carbocycles. The van der Waals surface area contributed by atoms with Crippen LogP contribution in [0.25, 0.3) is 11.1 Å². The van der Waals surface area contributed by atoms with Gasteiger partial charge in [0.15, 0.2) is 0 Å². The number of aryl methyl sites for hydroxylation is 2. The van der Waals surface area contributed by atoms with Crippen LogP contribution in [0.4, 0.5) is 0 Å². The van der Waals surface area contributed by atoms with E-state index in [1.54, 1.807) is 11.3 Å². The summed E-state index contributed by atoms with van der Waals surface area (Å²) in [4.78, 5) is 1.38. The van der Waals surface area contributed by atoms with Crippen molar-refractivity contribution in [1.29, 1.82) is 0 Å². The summed E-state index contributed by atoms with van der Waals surface area (Å²) in [6, 6.07) is 2.25. The van der Waals surface area contributed by atoms with Gasteiger partial charge in [-0.3, -0.25) is 0 Å². The maximum atomic E-state index is 2.25. The summed E-state index contributed by atoms with van der Waals surface area (Å²) in [5.41, 5.74) is 4.15. The lowest BCUT2D eigenvalue weighted by Crippen LogP contribution is -1.70. The second-order valence-electron chi connectivity index (χ2n) is 2.91. The van der Waals surface area contributed by atoms with Gasteiger partial charge in [-0.05, 0) is 52.7 Å². The van der Waals surface area contributed by atoms with E-state index in [4.69, 9.17) is 0 Å². The van der Waals surface area contributed by atoms with Crippen molar-refractivity contribution in [2.75, 3.05) is 0 Å². The van der Waals surface area contributed by atoms with E-state index in [0.717, 1.165) is 0 Å². The molecular weight excluding hydrogens is 184 g/mol. The van der Waals surface area contributed by atoms with Crippen LogP contribution in [0.15, 0.2) is 22.2 Å². The van der Waals surface area contributed by atoms with Gasteiger partial charge in [-0.1, -0.05) is 0 Å². The van der Waals surface area contributed by atoms with E-state index in [9.17, 15) is 0 Å². The molecule has 0 saturated heterocycles. The smallest absolute Gasteiger partial charge is 0.00205 e. The highest BCUT2D eigenvalue weighted by molar-refractivity contribution is 7.10. The fourth-order valence-electron chi connectivity index (χ4n) is 1.24. The van der Waals surface area contributed by atoms with Crippen molar-refractivity contribution >= 4 is 22.7 Å². The second-order valence-corrected chi connectivity index (χ2v) is 4.77. The molecule has 0 unspecified atom stereocenters. The van der Waals surface area contributed by atoms with Gasteiger partial charge in [-0.25, -0.2) is 0 Å². The second kappa shape index (κ2) is 3.04. The van der Waals surface area contributed by atoms with E-state index in [2.05, 4.69) is 36.1 Å². The fraction of sp³-hybridized carbons (Fsp3) is 0.200. The van der Waals surface area contributed by atoms with Gasteiger partial charge < -0.3 is 0 Å². The number of rotatable bonds is 1. The molecule has 2 aromatic heterocycles. The molecule has 0 aliphatic heterocycles. The van der Waals surface area contributed by atoms with E-state index >= 15 is 0 Å². The molecule has 0 aliphatic carbocycles. The predicted molar refractivity (Wildman–Crippen MR) is 57.1 cm³/mol. The molecule has 12 heavy (non-hydrogen) atoms. The van der Waals surface area contributed by atoms with Gasteiger partial charge in [-0.15, -0.1) is 11.3 Å². The topological polar surface area (TPSA) is 0 Å². The monoisotopic (exact) mass is 194 g/mol. The Morgan fingerprint density at radius 1 is 1.08 bits per heavy atom. The van der Waals surface area contributed by atoms with Crippen molar-refractivity contribution in [1.82, 2.24) is 0 Å². The van der Waals surface area contributed by atoms with Gasteiger partial charge in [0.05, 0.1) is 0 Å². The molecule has 0 bridgehead atoms. The highest BCUT2D eigenvalue weighted by atomic mass is 32.1. The highest BCUT2D eigenvalue weighted by Gasteiger charge is 2.03. The van der Waals surface area contributed by atoms with Crippen molar-refractivity contribution in [2.24, 2.45) is 0 Å². The molecule has 2 heteroatoms. The van der Waals surface area contributed by atoms with Gasteiger partial charge in [0.1, 0.15) is 0 Å². The van der Waals surface area contributed by atoms with Crippen LogP contribution in [0.1, 0.15) is 10.4 Å². The van der Waals surface area contributed by atoms with Crippen LogP contribution in [0.3, 0.4) is 0 Å². The average molecular weight is 194 g/mol. The zero-order valence-electron chi connectivity index (χ0n) is 7.13. The van der Waals surface area contributed by atoms with Crippen molar-refractivity contribution in [3.05, 3.63) is 32.6 Å². The van der Waals surface area contributed by atoms with Gasteiger partial charge >= 0.3 is 0 Å². The van der Waals surface area contributed by atoms with E-state index in [0.29, 0.717) is 0 Å². The lowest BCUT2D eigenvalue weighted by Gasteiger charge is -1.92. The molecule has 2 aromatic rings. The average Bonchev–Trinajstić information content (AvgIpc) is 2.58. The molecule has 0 aliphatic rings. The van der Waals surface area contributed by atoms with Crippen LogP contribution in [0.5, 0.6) is 0 Å². The largest absolute Gasteiger partial charge is 0.151 e. The minimum absolute atomic E-state index is 1.37. The van der Waals surface area contributed by atoms with E-state index in [-0.39, 0.29) is 0 Å². The molecule has 0 nitrogen and oxygen atoms in total. The number of hydrogen-bond donors (Lipinski definition) is 0. The summed E-state index contributed by atoms with van der Waals surface area (Å²) in [5, 5.41) is 6.64. The number of hydrogen-bond acceptors (Lipinski definition) is 2. The maximum Gasteiger partial charge on any atom is 0.00205 e. The normalized spacial score (nSPS) is 10.5. The Bertz CT molecular complexity index is 382. The zero-order chi connectivity index (χ0) is 8.55. The SMILES string of the molecule is Cc1cc(-c2cscc2C)cs1. The van der Waals surface area contributed by atoms with Crippen LogP contribution in [0.2, 0.25) is 0 Å². The van der Waals surface area contributed by atoms with E-state index < -0.39 is 0 Å². The summed E-state index contributed by atoms with van der Waals surface area (Å²) in [6.07, 6.45) is 0. The van der Waals surface area contributed by atoms with Gasteiger partial charge in [0.25, 0.3) is 0 Å². The standard InChI is InChI=1S/C10H10S2/c1-7-4-11-6-10(7)9-3-8(2)12-5-9/h3-6H,1-2H3. The first-order valence-corrected chi connectivity index (χ1v) is 5.68. The minimum Gasteiger partial charge on any atom is -0.151 e. The number of thiophene rings is 2. The summed E-state index contributed by atoms with van der Waals surface area (Å²) in [6.45, 7) is 4.31. The van der Waals surface area contributed by atoms with Gasteiger partial charge in [-0.2, -0.15) is 11.3 Å². The van der Waals surface area contributed by atoms with Crippen molar-refractivity contribution < 1.29 is 0 Å². The molecule has 0 amide bonds. The van der Waals surface area contributed by atoms with Crippen LogP contribution in [-0.2, 0) is 0 Å². The highest BCUT2D eigenvalue weighted by Crippen LogP contribution is 2.30. The Morgan fingerprint density at radius 2 is 1.92 bits per heavy atom. The Balaban J connectivity index is 2.50. The summed E-state index contributed by atoms with van der Waals surface area (Å²) in [7, 11) is 0. The quantitative estimate of drug-likeness (QED) is 0.641. The molecule has 0 spiro atoms. The first-order chi connectivity index (χ1) is 5.77. The van der Waals surface area contributed by atoms with Gasteiger partial charge in [0, 0.05) is 4.88 Å². The zero-order valence-corrected chi connectivity index (χ0v) is 8.76. The minimum atomic E-state index is 1.37. The van der Waals surface area contributed by atoms with E-state index in [1.807, 2.05) is 11.3 Å².